The van der Waals surface area contributed by atoms with Crippen LogP contribution in [0.3, 0.4) is 0 Å². The molecule has 4 atom stereocenters. The minimum absolute atomic E-state index is 0.00304. The molecule has 1 amide bonds. The van der Waals surface area contributed by atoms with Crippen LogP contribution < -0.4 is 0 Å². The van der Waals surface area contributed by atoms with Crippen molar-refractivity contribution in [3.8, 4) is 0 Å². The number of amides is 1. The van der Waals surface area contributed by atoms with Gasteiger partial charge in [-0.2, -0.15) is 0 Å². The average molecular weight is 666 g/mol. The third-order valence-corrected chi connectivity index (χ3v) is 12.3. The summed E-state index contributed by atoms with van der Waals surface area (Å²) in [6.45, 7) is 6.69. The molecular weight excluding hydrogens is 631 g/mol. The van der Waals surface area contributed by atoms with E-state index in [2.05, 4.69) is 4.98 Å². The van der Waals surface area contributed by atoms with E-state index in [-0.39, 0.29) is 28.9 Å². The van der Waals surface area contributed by atoms with Crippen molar-refractivity contribution in [3.63, 3.8) is 0 Å². The molecule has 2 fully saturated rings. The lowest BCUT2D eigenvalue weighted by Crippen LogP contribution is -2.62. The molecule has 1 saturated heterocycles. The Bertz CT molecular complexity index is 1630. The zero-order valence-corrected chi connectivity index (χ0v) is 27.4. The van der Waals surface area contributed by atoms with Gasteiger partial charge in [-0.1, -0.05) is 47.5 Å². The van der Waals surface area contributed by atoms with Gasteiger partial charge in [0.2, 0.25) is 0 Å². The van der Waals surface area contributed by atoms with E-state index in [0.717, 1.165) is 35.3 Å². The van der Waals surface area contributed by atoms with Gasteiger partial charge in [0.25, 0.3) is 5.91 Å². The van der Waals surface area contributed by atoms with Crippen LogP contribution in [0.4, 0.5) is 0 Å². The quantitative estimate of drug-likeness (QED) is 0.268. The van der Waals surface area contributed by atoms with Crippen LogP contribution in [-0.2, 0) is 25.8 Å². The molecule has 2 heterocycles. The maximum Gasteiger partial charge on any atom is 0.347 e. The molecular formula is C31H34Cl2N2O6S2. The summed E-state index contributed by atoms with van der Waals surface area (Å²) in [5.41, 5.74) is -0.0249. The number of carboxylic acids is 1. The first kappa shape index (κ1) is 31.9. The predicted molar refractivity (Wildman–Crippen MR) is 168 cm³/mol. The van der Waals surface area contributed by atoms with E-state index in [0.29, 0.717) is 15.1 Å². The minimum Gasteiger partial charge on any atom is -0.477 e. The van der Waals surface area contributed by atoms with Gasteiger partial charge in [-0.25, -0.2) is 18.2 Å². The molecule has 1 N–H and O–H groups in total. The highest BCUT2D eigenvalue weighted by Crippen LogP contribution is 2.51. The second kappa shape index (κ2) is 11.8. The van der Waals surface area contributed by atoms with Crippen LogP contribution in [0.5, 0.6) is 0 Å². The van der Waals surface area contributed by atoms with Gasteiger partial charge in [0.15, 0.2) is 15.4 Å². The van der Waals surface area contributed by atoms with Crippen LogP contribution in [0.1, 0.15) is 78.5 Å². The van der Waals surface area contributed by atoms with Crippen LogP contribution in [0, 0.1) is 5.92 Å². The third kappa shape index (κ3) is 6.63. The minimum atomic E-state index is -3.63. The molecule has 1 aromatic heterocycles. The van der Waals surface area contributed by atoms with E-state index in [1.54, 1.807) is 62.9 Å². The van der Waals surface area contributed by atoms with Crippen molar-refractivity contribution in [2.24, 2.45) is 5.92 Å². The van der Waals surface area contributed by atoms with E-state index in [1.165, 1.54) is 6.20 Å². The Balaban J connectivity index is 1.69. The number of morpholine rings is 1. The number of aromatic carboxylic acids is 1. The van der Waals surface area contributed by atoms with Gasteiger partial charge in [-0.3, -0.25) is 4.79 Å². The highest BCUT2D eigenvalue weighted by atomic mass is 35.5. The lowest BCUT2D eigenvalue weighted by molar-refractivity contribution is -0.202. The molecule has 0 spiro atoms. The Morgan fingerprint density at radius 1 is 1.14 bits per heavy atom. The molecule has 1 aliphatic carbocycles. The average Bonchev–Trinajstić information content (AvgIpc) is 3.66. The number of halogens is 2. The molecule has 0 bridgehead atoms. The number of carbonyl (C=O) groups excluding carboxylic acids is 1. The summed E-state index contributed by atoms with van der Waals surface area (Å²) < 4.78 is 33.1. The molecule has 1 unspecified atom stereocenters. The van der Waals surface area contributed by atoms with Crippen molar-refractivity contribution in [3.05, 3.63) is 85.8 Å². The summed E-state index contributed by atoms with van der Waals surface area (Å²) in [5.74, 6) is -1.68. The van der Waals surface area contributed by atoms with Crippen molar-refractivity contribution < 1.29 is 27.9 Å². The van der Waals surface area contributed by atoms with Gasteiger partial charge in [0.05, 0.1) is 27.7 Å². The number of carboxylic acid groups (broad SMARTS) is 1. The first-order chi connectivity index (χ1) is 20.1. The molecule has 1 aliphatic heterocycles. The molecule has 230 valence electrons. The molecule has 0 radical (unpaired) electrons. The van der Waals surface area contributed by atoms with Crippen molar-refractivity contribution in [1.82, 2.24) is 9.88 Å². The van der Waals surface area contributed by atoms with Gasteiger partial charge < -0.3 is 14.7 Å². The molecule has 3 aromatic rings. The number of benzene rings is 2. The number of hydrogen-bond donors (Lipinski definition) is 1. The fourth-order valence-electron chi connectivity index (χ4n) is 5.52. The maximum absolute atomic E-state index is 14.8. The topological polar surface area (TPSA) is 114 Å². The first-order valence-electron chi connectivity index (χ1n) is 14.0. The number of hydrogen-bond acceptors (Lipinski definition) is 7. The number of carbonyl (C=O) groups is 2. The summed E-state index contributed by atoms with van der Waals surface area (Å²) in [6.07, 6.45) is 2.14. The van der Waals surface area contributed by atoms with Gasteiger partial charge in [-0.05, 0) is 81.8 Å². The monoisotopic (exact) mass is 664 g/mol. The smallest absolute Gasteiger partial charge is 0.347 e. The van der Waals surface area contributed by atoms with Crippen molar-refractivity contribution in [1.29, 1.82) is 0 Å². The summed E-state index contributed by atoms with van der Waals surface area (Å²) in [7, 11) is -3.63. The fraction of sp³-hybridized carbons (Fsp3) is 0.452. The Morgan fingerprint density at radius 3 is 2.37 bits per heavy atom. The molecule has 5 rings (SSSR count). The largest absolute Gasteiger partial charge is 0.477 e. The van der Waals surface area contributed by atoms with Crippen LogP contribution in [0.25, 0.3) is 0 Å². The van der Waals surface area contributed by atoms with Crippen LogP contribution >= 0.6 is 34.5 Å². The zero-order valence-electron chi connectivity index (χ0n) is 24.3. The number of sulfone groups is 1. The van der Waals surface area contributed by atoms with Gasteiger partial charge in [-0.15, -0.1) is 11.3 Å². The van der Waals surface area contributed by atoms with E-state index in [1.807, 2.05) is 18.2 Å². The number of nitrogens with zero attached hydrogens (tertiary/aromatic N) is 2. The normalized spacial score (nSPS) is 23.8. The van der Waals surface area contributed by atoms with E-state index >= 15 is 0 Å². The predicted octanol–water partition coefficient (Wildman–Crippen LogP) is 6.78. The van der Waals surface area contributed by atoms with Crippen molar-refractivity contribution >= 4 is 56.3 Å². The molecule has 2 aromatic carbocycles. The standard InChI is InChI=1S/C31H34Cl2N2O6S2/c1-30(2,3)43(39,40)17-23(18-8-9-18)35-26(19-10-12-21(32)13-11-19)27(20-6-5-7-22(33)14-20)41-31(4,29(35)38)15-25-34-16-24(42-25)28(36)37/h5-7,10-14,16,18,23,26-27H,8-9,15,17H2,1-4H3,(H,36,37)/t23-,26?,27-,31-/m1/s1. The molecule has 2 aliphatic rings. The number of thiazole rings is 1. The molecule has 8 nitrogen and oxygen atoms in total. The van der Waals surface area contributed by atoms with E-state index in [9.17, 15) is 23.1 Å². The van der Waals surface area contributed by atoms with Crippen molar-refractivity contribution in [2.45, 2.75) is 75.5 Å². The van der Waals surface area contributed by atoms with Crippen LogP contribution in [0.15, 0.2) is 54.7 Å². The summed E-state index contributed by atoms with van der Waals surface area (Å²) in [5, 5.41) is 10.9. The highest BCUT2D eigenvalue weighted by molar-refractivity contribution is 7.92. The number of ether oxygens (including phenoxy) is 1. The first-order valence-corrected chi connectivity index (χ1v) is 17.2. The van der Waals surface area contributed by atoms with Crippen LogP contribution in [-0.4, -0.2) is 57.4 Å². The molecule has 43 heavy (non-hydrogen) atoms. The number of rotatable bonds is 9. The SMILES string of the molecule is CC(C)(C)S(=O)(=O)C[C@H](C1CC1)N1C(=O)[C@@](C)(Cc2ncc(C(=O)O)s2)O[C@H](c2cccc(Cl)c2)C1c1ccc(Cl)cc1. The second-order valence-electron chi connectivity index (χ2n) is 12.4. The lowest BCUT2D eigenvalue weighted by atomic mass is 9.85. The van der Waals surface area contributed by atoms with Gasteiger partial charge >= 0.3 is 5.97 Å². The summed E-state index contributed by atoms with van der Waals surface area (Å²) >= 11 is 13.7. The second-order valence-corrected chi connectivity index (χ2v) is 17.2. The Morgan fingerprint density at radius 2 is 1.81 bits per heavy atom. The molecule has 1 saturated carbocycles. The Hall–Kier alpha value is -2.50. The number of aromatic nitrogens is 1. The zero-order chi connectivity index (χ0) is 31.3. The molecule has 12 heteroatoms. The Labute approximate surface area is 265 Å². The Kier molecular flexibility index (Phi) is 8.74. The summed E-state index contributed by atoms with van der Waals surface area (Å²) in [6, 6.07) is 13.0. The van der Waals surface area contributed by atoms with Gasteiger partial charge in [0, 0.05) is 22.5 Å². The fourth-order valence-corrected chi connectivity index (χ4v) is 8.13. The maximum atomic E-state index is 14.8. The summed E-state index contributed by atoms with van der Waals surface area (Å²) in [4.78, 5) is 32.4. The van der Waals surface area contributed by atoms with Crippen LogP contribution in [0.2, 0.25) is 10.0 Å². The van der Waals surface area contributed by atoms with Crippen molar-refractivity contribution in [2.75, 3.05) is 5.75 Å². The van der Waals surface area contributed by atoms with E-state index < -0.39 is 44.3 Å². The lowest BCUT2D eigenvalue weighted by Gasteiger charge is -2.52. The van der Waals surface area contributed by atoms with E-state index in [4.69, 9.17) is 27.9 Å². The third-order valence-electron chi connectivity index (χ3n) is 8.15. The highest BCUT2D eigenvalue weighted by Gasteiger charge is 2.56. The van der Waals surface area contributed by atoms with Gasteiger partial charge in [0.1, 0.15) is 11.0 Å².